The van der Waals surface area contributed by atoms with Crippen LogP contribution in [0, 0.1) is 6.92 Å². The van der Waals surface area contributed by atoms with Crippen LogP contribution in [0.5, 0.6) is 0 Å². The molecule has 0 atom stereocenters. The van der Waals surface area contributed by atoms with Gasteiger partial charge in [-0.1, -0.05) is 0 Å². The van der Waals surface area contributed by atoms with Crippen molar-refractivity contribution in [1.82, 2.24) is 4.90 Å². The molecule has 0 aliphatic rings. The van der Waals surface area contributed by atoms with Gasteiger partial charge < -0.3 is 14.4 Å². The maximum Gasteiger partial charge on any atom is 0.303 e. The maximum absolute atomic E-state index is 12.1. The van der Waals surface area contributed by atoms with Crippen LogP contribution in [-0.4, -0.2) is 27.9 Å². The number of hydrogen-bond acceptors (Lipinski definition) is 3. The number of carboxylic acid groups (broad SMARTS) is 1. The number of aryl methyl sites for hydroxylation is 1. The molecule has 5 heteroatoms. The van der Waals surface area contributed by atoms with Gasteiger partial charge in [0.15, 0.2) is 0 Å². The predicted molar refractivity (Wildman–Crippen MR) is 70.6 cm³/mol. The molecule has 1 amide bonds. The minimum Gasteiger partial charge on any atom is -0.481 e. The van der Waals surface area contributed by atoms with Crippen molar-refractivity contribution < 1.29 is 19.1 Å². The van der Waals surface area contributed by atoms with Crippen LogP contribution in [0.3, 0.4) is 0 Å². The minimum atomic E-state index is -0.870. The molecule has 1 N–H and O–H groups in total. The third-order valence-corrected chi connectivity index (χ3v) is 2.85. The van der Waals surface area contributed by atoms with Crippen LogP contribution in [-0.2, 0) is 16.1 Å². The zero-order valence-corrected chi connectivity index (χ0v) is 11.7. The second-order valence-corrected chi connectivity index (χ2v) is 4.88. The molecule has 1 aromatic rings. The predicted octanol–water partition coefficient (Wildman–Crippen LogP) is 2.58. The molecule has 1 rings (SSSR count). The van der Waals surface area contributed by atoms with E-state index in [2.05, 4.69) is 0 Å². The molecule has 0 spiro atoms. The van der Waals surface area contributed by atoms with Gasteiger partial charge in [-0.15, -0.1) is 0 Å². The van der Waals surface area contributed by atoms with Gasteiger partial charge in [-0.2, -0.15) is 0 Å². The first-order valence-corrected chi connectivity index (χ1v) is 6.46. The molecule has 19 heavy (non-hydrogen) atoms. The van der Waals surface area contributed by atoms with Crippen LogP contribution in [0.1, 0.15) is 44.6 Å². The summed E-state index contributed by atoms with van der Waals surface area (Å²) >= 11 is 0. The molecule has 0 saturated heterocycles. The summed E-state index contributed by atoms with van der Waals surface area (Å²) in [5, 5.41) is 8.57. The number of nitrogens with zero attached hydrogens (tertiary/aromatic N) is 1. The Labute approximate surface area is 113 Å². The van der Waals surface area contributed by atoms with E-state index >= 15 is 0 Å². The first kappa shape index (κ1) is 15.3. The van der Waals surface area contributed by atoms with E-state index in [4.69, 9.17) is 9.52 Å². The van der Waals surface area contributed by atoms with E-state index in [-0.39, 0.29) is 24.8 Å². The summed E-state index contributed by atoms with van der Waals surface area (Å²) in [5.74, 6) is 0.658. The highest BCUT2D eigenvalue weighted by atomic mass is 16.4. The van der Waals surface area contributed by atoms with Gasteiger partial charge in [-0.25, -0.2) is 0 Å². The quantitative estimate of drug-likeness (QED) is 0.824. The van der Waals surface area contributed by atoms with Crippen LogP contribution in [0.25, 0.3) is 0 Å². The summed E-state index contributed by atoms with van der Waals surface area (Å²) in [7, 11) is 0. The number of rotatable bonds is 7. The summed E-state index contributed by atoms with van der Waals surface area (Å²) in [5.41, 5.74) is 0. The van der Waals surface area contributed by atoms with Crippen molar-refractivity contribution in [3.8, 4) is 0 Å². The van der Waals surface area contributed by atoms with Crippen molar-refractivity contribution in [3.63, 3.8) is 0 Å². The number of amides is 1. The van der Waals surface area contributed by atoms with Crippen LogP contribution < -0.4 is 0 Å². The lowest BCUT2D eigenvalue weighted by Gasteiger charge is -2.25. The zero-order chi connectivity index (χ0) is 14.4. The lowest BCUT2D eigenvalue weighted by atomic mass is 10.2. The molecule has 0 aliphatic carbocycles. The Morgan fingerprint density at radius 2 is 2.00 bits per heavy atom. The molecule has 106 valence electrons. The van der Waals surface area contributed by atoms with E-state index in [1.54, 1.807) is 4.90 Å². The Balaban J connectivity index is 2.56. The molecule has 1 aromatic heterocycles. The van der Waals surface area contributed by atoms with Crippen LogP contribution in [0.15, 0.2) is 16.5 Å². The number of carboxylic acids is 1. The average Bonchev–Trinajstić information content (AvgIpc) is 2.70. The Bertz CT molecular complexity index is 436. The zero-order valence-electron chi connectivity index (χ0n) is 11.7. The third-order valence-electron chi connectivity index (χ3n) is 2.85. The van der Waals surface area contributed by atoms with Gasteiger partial charge in [0, 0.05) is 18.9 Å². The third kappa shape index (κ3) is 5.16. The highest BCUT2D eigenvalue weighted by molar-refractivity contribution is 5.77. The Kier molecular flexibility index (Phi) is 5.60. The number of hydrogen-bond donors (Lipinski definition) is 1. The molecule has 0 radical (unpaired) electrons. The number of aliphatic carboxylic acids is 1. The molecule has 1 heterocycles. The summed E-state index contributed by atoms with van der Waals surface area (Å²) in [6.45, 7) is 6.16. The maximum atomic E-state index is 12.1. The lowest BCUT2D eigenvalue weighted by Crippen LogP contribution is -2.36. The van der Waals surface area contributed by atoms with Gasteiger partial charge in [0.2, 0.25) is 5.91 Å². The molecule has 0 aromatic carbocycles. The molecule has 0 aliphatic heterocycles. The van der Waals surface area contributed by atoms with Crippen molar-refractivity contribution in [2.24, 2.45) is 0 Å². The fourth-order valence-electron chi connectivity index (χ4n) is 1.83. The first-order valence-electron chi connectivity index (χ1n) is 6.46. The van der Waals surface area contributed by atoms with Gasteiger partial charge in [-0.3, -0.25) is 9.59 Å². The standard InChI is InChI=1S/C14H21NO4/c1-10(2)15(9-12-8-7-11(3)19-12)13(16)5-4-6-14(17)18/h7-8,10H,4-6,9H2,1-3H3,(H,17,18). The van der Waals surface area contributed by atoms with Gasteiger partial charge in [0.1, 0.15) is 11.5 Å². The van der Waals surface area contributed by atoms with E-state index in [1.165, 1.54) is 0 Å². The van der Waals surface area contributed by atoms with E-state index in [1.807, 2.05) is 32.9 Å². The SMILES string of the molecule is Cc1ccc(CN(C(=O)CCCC(=O)O)C(C)C)o1. The molecular formula is C14H21NO4. The van der Waals surface area contributed by atoms with Gasteiger partial charge >= 0.3 is 5.97 Å². The van der Waals surface area contributed by atoms with E-state index in [0.29, 0.717) is 13.0 Å². The van der Waals surface area contributed by atoms with E-state index in [0.717, 1.165) is 11.5 Å². The Hall–Kier alpha value is -1.78. The topological polar surface area (TPSA) is 70.8 Å². The molecule has 0 bridgehead atoms. The van der Waals surface area contributed by atoms with Crippen LogP contribution in [0.4, 0.5) is 0 Å². The Morgan fingerprint density at radius 3 is 2.47 bits per heavy atom. The normalized spacial score (nSPS) is 10.7. The largest absolute Gasteiger partial charge is 0.481 e. The molecule has 0 unspecified atom stereocenters. The second kappa shape index (κ2) is 6.97. The lowest BCUT2D eigenvalue weighted by molar-refractivity contribution is -0.137. The van der Waals surface area contributed by atoms with E-state index in [9.17, 15) is 9.59 Å². The fraction of sp³-hybridized carbons (Fsp3) is 0.571. The fourth-order valence-corrected chi connectivity index (χ4v) is 1.83. The molecular weight excluding hydrogens is 246 g/mol. The minimum absolute atomic E-state index is 0.0253. The molecule has 5 nitrogen and oxygen atoms in total. The number of furan rings is 1. The van der Waals surface area contributed by atoms with Crippen LogP contribution in [0.2, 0.25) is 0 Å². The summed E-state index contributed by atoms with van der Waals surface area (Å²) in [4.78, 5) is 24.2. The summed E-state index contributed by atoms with van der Waals surface area (Å²) in [6.07, 6.45) is 0.649. The van der Waals surface area contributed by atoms with Crippen molar-refractivity contribution in [3.05, 3.63) is 23.7 Å². The van der Waals surface area contributed by atoms with Crippen molar-refractivity contribution in [2.75, 3.05) is 0 Å². The van der Waals surface area contributed by atoms with Gasteiger partial charge in [-0.05, 0) is 39.3 Å². The summed E-state index contributed by atoms with van der Waals surface area (Å²) in [6, 6.07) is 3.78. The Morgan fingerprint density at radius 1 is 1.32 bits per heavy atom. The highest BCUT2D eigenvalue weighted by Gasteiger charge is 2.18. The average molecular weight is 267 g/mol. The van der Waals surface area contributed by atoms with Gasteiger partial charge in [0.25, 0.3) is 0 Å². The second-order valence-electron chi connectivity index (χ2n) is 4.88. The smallest absolute Gasteiger partial charge is 0.303 e. The molecule has 0 fully saturated rings. The highest BCUT2D eigenvalue weighted by Crippen LogP contribution is 2.14. The van der Waals surface area contributed by atoms with Crippen molar-refractivity contribution in [1.29, 1.82) is 0 Å². The van der Waals surface area contributed by atoms with E-state index < -0.39 is 5.97 Å². The van der Waals surface area contributed by atoms with Crippen molar-refractivity contribution in [2.45, 2.75) is 52.6 Å². The number of carbonyl (C=O) groups excluding carboxylic acids is 1. The first-order chi connectivity index (χ1) is 8.90. The monoisotopic (exact) mass is 267 g/mol. The van der Waals surface area contributed by atoms with Crippen molar-refractivity contribution >= 4 is 11.9 Å². The number of carbonyl (C=O) groups is 2. The summed E-state index contributed by atoms with van der Waals surface area (Å²) < 4.78 is 5.47. The van der Waals surface area contributed by atoms with Gasteiger partial charge in [0.05, 0.1) is 6.54 Å². The van der Waals surface area contributed by atoms with Crippen LogP contribution >= 0.6 is 0 Å². The molecule has 0 saturated carbocycles.